The Morgan fingerprint density at radius 3 is 2.72 bits per heavy atom. The van der Waals surface area contributed by atoms with Crippen molar-refractivity contribution in [3.8, 4) is 0 Å². The van der Waals surface area contributed by atoms with E-state index in [0.29, 0.717) is 31.0 Å². The Morgan fingerprint density at radius 2 is 1.92 bits per heavy atom. The maximum absolute atomic E-state index is 11.0. The van der Waals surface area contributed by atoms with Gasteiger partial charge in [0.1, 0.15) is 0 Å². The molecule has 2 N–H and O–H groups in total. The van der Waals surface area contributed by atoms with E-state index < -0.39 is 0 Å². The zero-order valence-corrected chi connectivity index (χ0v) is 15.7. The summed E-state index contributed by atoms with van der Waals surface area (Å²) in [5.41, 5.74) is 1.67. The Bertz CT molecular complexity index is 532. The number of rotatable bonds is 4. The molecule has 0 radical (unpaired) electrons. The lowest BCUT2D eigenvalue weighted by molar-refractivity contribution is -0.314. The second-order valence-electron chi connectivity index (χ2n) is 9.25. The molecule has 4 rings (SSSR count). The lowest BCUT2D eigenvalue weighted by Crippen LogP contribution is -2.55. The largest absolute Gasteiger partial charge is 0.393 e. The van der Waals surface area contributed by atoms with Gasteiger partial charge in [0.15, 0.2) is 0 Å². The standard InChI is InChI=1S/C21H34O4/c1-3-24-25-13-21-8-4-5-17(21)19-16(7-10-21)20(2)9-6-15(22)11-14(20)12-18(19)23/h12,15-19,22-23H,3-11,13H2,1-2H3/t15-,16+,17+,18-,19-,20+,21+/m1/s1. The highest BCUT2D eigenvalue weighted by atomic mass is 17.2. The van der Waals surface area contributed by atoms with Crippen molar-refractivity contribution in [3.63, 3.8) is 0 Å². The highest BCUT2D eigenvalue weighted by Crippen LogP contribution is 2.65. The number of fused-ring (bicyclic) bond motifs is 5. The molecule has 0 spiro atoms. The van der Waals surface area contributed by atoms with Crippen LogP contribution >= 0.6 is 0 Å². The fourth-order valence-corrected chi connectivity index (χ4v) is 6.92. The number of aliphatic hydroxyl groups is 2. The van der Waals surface area contributed by atoms with Crippen LogP contribution in [0.15, 0.2) is 11.6 Å². The molecule has 0 bridgehead atoms. The zero-order chi connectivity index (χ0) is 17.7. The highest BCUT2D eigenvalue weighted by Gasteiger charge is 2.59. The Labute approximate surface area is 151 Å². The number of hydrogen-bond donors (Lipinski definition) is 2. The van der Waals surface area contributed by atoms with Crippen molar-refractivity contribution in [1.29, 1.82) is 0 Å². The molecule has 0 aromatic carbocycles. The monoisotopic (exact) mass is 350 g/mol. The van der Waals surface area contributed by atoms with E-state index in [4.69, 9.17) is 9.78 Å². The van der Waals surface area contributed by atoms with Gasteiger partial charge in [-0.25, -0.2) is 9.78 Å². The molecule has 25 heavy (non-hydrogen) atoms. The Hall–Kier alpha value is -0.420. The lowest BCUT2D eigenvalue weighted by Gasteiger charge is -2.58. The third kappa shape index (κ3) is 2.80. The molecule has 4 nitrogen and oxygen atoms in total. The van der Waals surface area contributed by atoms with E-state index in [1.807, 2.05) is 6.92 Å². The number of aliphatic hydroxyl groups excluding tert-OH is 2. The Balaban J connectivity index is 1.62. The summed E-state index contributed by atoms with van der Waals surface area (Å²) in [4.78, 5) is 10.8. The van der Waals surface area contributed by atoms with Gasteiger partial charge in [0.25, 0.3) is 0 Å². The summed E-state index contributed by atoms with van der Waals surface area (Å²) in [6, 6.07) is 0. The van der Waals surface area contributed by atoms with E-state index in [1.54, 1.807) is 0 Å². The molecular formula is C21H34O4. The fraction of sp³-hybridized carbons (Fsp3) is 0.905. The molecule has 4 aliphatic carbocycles. The fourth-order valence-electron chi connectivity index (χ4n) is 6.92. The molecule has 0 aliphatic heterocycles. The van der Waals surface area contributed by atoms with E-state index in [2.05, 4.69) is 13.0 Å². The third-order valence-electron chi connectivity index (χ3n) is 8.18. The van der Waals surface area contributed by atoms with E-state index >= 15 is 0 Å². The van der Waals surface area contributed by atoms with E-state index in [1.165, 1.54) is 31.3 Å². The molecule has 0 amide bonds. The maximum Gasteiger partial charge on any atom is 0.0881 e. The van der Waals surface area contributed by atoms with Crippen LogP contribution < -0.4 is 0 Å². The van der Waals surface area contributed by atoms with Crippen LogP contribution in [0.25, 0.3) is 0 Å². The Morgan fingerprint density at radius 1 is 1.08 bits per heavy atom. The highest BCUT2D eigenvalue weighted by molar-refractivity contribution is 5.27. The van der Waals surface area contributed by atoms with Crippen LogP contribution in [0.3, 0.4) is 0 Å². The molecule has 0 heterocycles. The predicted octanol–water partition coefficient (Wildman–Crippen LogP) is 3.62. The minimum Gasteiger partial charge on any atom is -0.393 e. The minimum atomic E-state index is -0.367. The maximum atomic E-state index is 11.0. The minimum absolute atomic E-state index is 0.165. The summed E-state index contributed by atoms with van der Waals surface area (Å²) in [6.07, 6.45) is 10.2. The van der Waals surface area contributed by atoms with E-state index in [9.17, 15) is 10.2 Å². The van der Waals surface area contributed by atoms with Crippen molar-refractivity contribution in [3.05, 3.63) is 11.6 Å². The summed E-state index contributed by atoms with van der Waals surface area (Å²) in [7, 11) is 0. The molecule has 3 saturated carbocycles. The van der Waals surface area contributed by atoms with Crippen molar-refractivity contribution in [1.82, 2.24) is 0 Å². The second-order valence-corrected chi connectivity index (χ2v) is 9.25. The summed E-state index contributed by atoms with van der Waals surface area (Å²) in [6.45, 7) is 5.61. The molecule has 3 fully saturated rings. The smallest absolute Gasteiger partial charge is 0.0881 e. The summed E-state index contributed by atoms with van der Waals surface area (Å²) in [5, 5.41) is 21.2. The molecule has 4 heteroatoms. The average molecular weight is 350 g/mol. The van der Waals surface area contributed by atoms with Crippen LogP contribution in [0.4, 0.5) is 0 Å². The SMILES string of the molecule is CCOOC[C@@]12CCC[C@H]1[C@@H]1[C@H](O)C=C3C[C@H](O)CC[C@]3(C)[C@H]1CC2. The van der Waals surface area contributed by atoms with Gasteiger partial charge in [-0.3, -0.25) is 0 Å². The van der Waals surface area contributed by atoms with Crippen LogP contribution in [0.5, 0.6) is 0 Å². The van der Waals surface area contributed by atoms with E-state index in [0.717, 1.165) is 25.7 Å². The number of hydrogen-bond acceptors (Lipinski definition) is 4. The molecule has 142 valence electrons. The van der Waals surface area contributed by atoms with Crippen molar-refractivity contribution in [2.45, 2.75) is 77.4 Å². The summed E-state index contributed by atoms with van der Waals surface area (Å²) in [5.74, 6) is 1.41. The molecule has 0 unspecified atom stereocenters. The van der Waals surface area contributed by atoms with Gasteiger partial charge in [-0.05, 0) is 75.0 Å². The molecule has 0 aromatic rings. The predicted molar refractivity (Wildman–Crippen MR) is 95.6 cm³/mol. The average Bonchev–Trinajstić information content (AvgIpc) is 3.01. The Kier molecular flexibility index (Phi) is 4.77. The van der Waals surface area contributed by atoms with Gasteiger partial charge in [-0.1, -0.05) is 25.0 Å². The molecule has 0 saturated heterocycles. The van der Waals surface area contributed by atoms with Gasteiger partial charge in [-0.15, -0.1) is 0 Å². The van der Waals surface area contributed by atoms with Crippen LogP contribution in [0.2, 0.25) is 0 Å². The van der Waals surface area contributed by atoms with Gasteiger partial charge in [0, 0.05) is 5.41 Å². The zero-order valence-electron chi connectivity index (χ0n) is 15.7. The van der Waals surface area contributed by atoms with Crippen LogP contribution in [0, 0.1) is 28.6 Å². The van der Waals surface area contributed by atoms with Crippen molar-refractivity contribution in [2.24, 2.45) is 28.6 Å². The molecule has 0 aromatic heterocycles. The van der Waals surface area contributed by atoms with Crippen LogP contribution in [-0.4, -0.2) is 35.6 Å². The van der Waals surface area contributed by atoms with Crippen molar-refractivity contribution < 1.29 is 20.0 Å². The quantitative estimate of drug-likeness (QED) is 0.352. The van der Waals surface area contributed by atoms with Crippen LogP contribution in [-0.2, 0) is 9.78 Å². The third-order valence-corrected chi connectivity index (χ3v) is 8.18. The first-order valence-corrected chi connectivity index (χ1v) is 10.3. The van der Waals surface area contributed by atoms with Crippen molar-refractivity contribution >= 4 is 0 Å². The van der Waals surface area contributed by atoms with E-state index in [-0.39, 0.29) is 23.0 Å². The van der Waals surface area contributed by atoms with Gasteiger partial charge in [-0.2, -0.15) is 0 Å². The molecule has 7 atom stereocenters. The first-order valence-electron chi connectivity index (χ1n) is 10.3. The first kappa shape index (κ1) is 18.0. The summed E-state index contributed by atoms with van der Waals surface area (Å²) < 4.78 is 0. The molecule has 4 aliphatic rings. The normalized spacial score (nSPS) is 49.1. The summed E-state index contributed by atoms with van der Waals surface area (Å²) >= 11 is 0. The van der Waals surface area contributed by atoms with Gasteiger partial charge < -0.3 is 10.2 Å². The van der Waals surface area contributed by atoms with Gasteiger partial charge in [0.05, 0.1) is 25.4 Å². The van der Waals surface area contributed by atoms with Gasteiger partial charge >= 0.3 is 0 Å². The molecular weight excluding hydrogens is 316 g/mol. The van der Waals surface area contributed by atoms with Gasteiger partial charge in [0.2, 0.25) is 0 Å². The topological polar surface area (TPSA) is 58.9 Å². The van der Waals surface area contributed by atoms with Crippen molar-refractivity contribution in [2.75, 3.05) is 13.2 Å². The van der Waals surface area contributed by atoms with Crippen LogP contribution in [0.1, 0.15) is 65.2 Å². The second kappa shape index (κ2) is 6.63. The lowest BCUT2D eigenvalue weighted by atomic mass is 9.47. The first-order chi connectivity index (χ1) is 12.0.